The van der Waals surface area contributed by atoms with Crippen LogP contribution in [0, 0.1) is 17.0 Å². The summed E-state index contributed by atoms with van der Waals surface area (Å²) in [7, 11) is 1.51. The highest BCUT2D eigenvalue weighted by atomic mass is 16.6. The van der Waals surface area contributed by atoms with Gasteiger partial charge in [-0.2, -0.15) is 0 Å². The minimum absolute atomic E-state index is 0.00148. The summed E-state index contributed by atoms with van der Waals surface area (Å²) >= 11 is 0. The summed E-state index contributed by atoms with van der Waals surface area (Å²) in [6, 6.07) is 15.6. The zero-order valence-corrected chi connectivity index (χ0v) is 18.6. The molecule has 0 bridgehead atoms. The number of rotatable bonds is 5. The van der Waals surface area contributed by atoms with Gasteiger partial charge in [-0.15, -0.1) is 0 Å². The van der Waals surface area contributed by atoms with E-state index in [2.05, 4.69) is 0 Å². The molecule has 35 heavy (non-hydrogen) atoms. The number of nitro groups is 1. The van der Waals surface area contributed by atoms with Crippen molar-refractivity contribution in [1.29, 1.82) is 0 Å². The second kappa shape index (κ2) is 8.45. The van der Waals surface area contributed by atoms with Crippen molar-refractivity contribution in [1.82, 2.24) is 0 Å². The second-order valence-electron chi connectivity index (χ2n) is 7.78. The molecule has 0 saturated heterocycles. The van der Waals surface area contributed by atoms with E-state index in [4.69, 9.17) is 18.6 Å². The first-order valence-electron chi connectivity index (χ1n) is 10.5. The Kier molecular flexibility index (Phi) is 5.29. The largest absolute Gasteiger partial charge is 0.493 e. The fourth-order valence-corrected chi connectivity index (χ4v) is 3.83. The van der Waals surface area contributed by atoms with E-state index in [1.54, 1.807) is 37.3 Å². The van der Waals surface area contributed by atoms with Gasteiger partial charge in [0.25, 0.3) is 5.69 Å². The van der Waals surface area contributed by atoms with Gasteiger partial charge < -0.3 is 18.6 Å². The first-order valence-corrected chi connectivity index (χ1v) is 10.5. The molecule has 9 nitrogen and oxygen atoms in total. The maximum Gasteiger partial charge on any atom is 0.379 e. The van der Waals surface area contributed by atoms with Crippen molar-refractivity contribution in [2.24, 2.45) is 0 Å². The van der Waals surface area contributed by atoms with Crippen molar-refractivity contribution in [3.05, 3.63) is 99.0 Å². The van der Waals surface area contributed by atoms with Gasteiger partial charge in [0, 0.05) is 23.6 Å². The molecular weight excluding hydrogens is 454 g/mol. The fourth-order valence-electron chi connectivity index (χ4n) is 3.83. The van der Waals surface area contributed by atoms with Crippen molar-refractivity contribution in [2.75, 3.05) is 7.11 Å². The Morgan fingerprint density at radius 3 is 2.57 bits per heavy atom. The number of hydrogen-bond donors (Lipinski definition) is 0. The average Bonchev–Trinajstić information content (AvgIpc) is 3.41. The lowest BCUT2D eigenvalue weighted by Crippen LogP contribution is -2.07. The van der Waals surface area contributed by atoms with E-state index < -0.39 is 10.9 Å². The molecule has 0 fully saturated rings. The number of fused-ring (bicyclic) bond motifs is 2. The zero-order chi connectivity index (χ0) is 24.7. The predicted octanol–water partition coefficient (Wildman–Crippen LogP) is 5.49. The van der Waals surface area contributed by atoms with Crippen LogP contribution in [0.3, 0.4) is 0 Å². The van der Waals surface area contributed by atoms with Crippen molar-refractivity contribution < 1.29 is 33.1 Å². The fraction of sp³-hybridized carbons (Fsp3) is 0.0769. The maximum absolute atomic E-state index is 12.9. The molecule has 174 valence electrons. The van der Waals surface area contributed by atoms with Crippen LogP contribution in [0.15, 0.2) is 70.8 Å². The van der Waals surface area contributed by atoms with Crippen molar-refractivity contribution in [3.8, 4) is 17.2 Å². The van der Waals surface area contributed by atoms with E-state index in [1.807, 2.05) is 0 Å². The molecule has 1 aromatic heterocycles. The normalized spacial score (nSPS) is 13.5. The van der Waals surface area contributed by atoms with Crippen molar-refractivity contribution >= 4 is 34.5 Å². The number of non-ortho nitro benzene ring substituents is 1. The number of esters is 1. The Morgan fingerprint density at radius 1 is 1.09 bits per heavy atom. The number of Topliss-reactive ketones (excluding diaryl/α,β-unsaturated/α-hetero) is 1. The molecule has 0 amide bonds. The van der Waals surface area contributed by atoms with Gasteiger partial charge in [-0.25, -0.2) is 4.79 Å². The summed E-state index contributed by atoms with van der Waals surface area (Å²) in [6.07, 6.45) is 1.50. The van der Waals surface area contributed by atoms with Crippen molar-refractivity contribution in [2.45, 2.75) is 6.92 Å². The van der Waals surface area contributed by atoms with Crippen LogP contribution in [0.5, 0.6) is 17.2 Å². The first kappa shape index (κ1) is 21.9. The molecule has 0 radical (unpaired) electrons. The number of nitro benzene ring substituents is 1. The van der Waals surface area contributed by atoms with Crippen LogP contribution in [-0.2, 0) is 0 Å². The quantitative estimate of drug-likeness (QED) is 0.123. The van der Waals surface area contributed by atoms with Crippen LogP contribution in [0.4, 0.5) is 5.69 Å². The molecule has 5 rings (SSSR count). The highest BCUT2D eigenvalue weighted by molar-refractivity contribution is 6.15. The van der Waals surface area contributed by atoms with Gasteiger partial charge >= 0.3 is 5.97 Å². The third-order valence-corrected chi connectivity index (χ3v) is 5.48. The lowest BCUT2D eigenvalue weighted by atomic mass is 10.0. The highest BCUT2D eigenvalue weighted by Gasteiger charge is 2.30. The van der Waals surface area contributed by atoms with Gasteiger partial charge in [-0.1, -0.05) is 12.1 Å². The van der Waals surface area contributed by atoms with Crippen LogP contribution < -0.4 is 14.2 Å². The lowest BCUT2D eigenvalue weighted by molar-refractivity contribution is -0.384. The molecule has 0 atom stereocenters. The SMILES string of the molecule is COc1cccc2cc(C(=O)Oc3cc(C)c4c(c3)O/C(=C\c3ccc([N+](=O)[O-])cc3)C4=O)oc12. The number of methoxy groups -OCH3 is 1. The van der Waals surface area contributed by atoms with E-state index in [0.717, 1.165) is 0 Å². The summed E-state index contributed by atoms with van der Waals surface area (Å²) in [5.41, 5.74) is 1.86. The summed E-state index contributed by atoms with van der Waals surface area (Å²) in [4.78, 5) is 35.9. The number of aryl methyl sites for hydroxylation is 1. The average molecular weight is 471 g/mol. The van der Waals surface area contributed by atoms with Crippen LogP contribution >= 0.6 is 0 Å². The van der Waals surface area contributed by atoms with E-state index in [1.165, 1.54) is 43.5 Å². The smallest absolute Gasteiger partial charge is 0.379 e. The number of furan rings is 1. The monoisotopic (exact) mass is 471 g/mol. The molecule has 0 spiro atoms. The summed E-state index contributed by atoms with van der Waals surface area (Å²) < 4.78 is 22.1. The Morgan fingerprint density at radius 2 is 1.86 bits per heavy atom. The number of carbonyl (C=O) groups excluding carboxylic acids is 2. The first-order chi connectivity index (χ1) is 16.8. The number of benzene rings is 3. The molecule has 4 aromatic rings. The summed E-state index contributed by atoms with van der Waals surface area (Å²) in [6.45, 7) is 1.71. The molecule has 2 heterocycles. The predicted molar refractivity (Wildman–Crippen MR) is 125 cm³/mol. The third-order valence-electron chi connectivity index (χ3n) is 5.48. The minimum atomic E-state index is -0.714. The van der Waals surface area contributed by atoms with Crippen LogP contribution in [-0.4, -0.2) is 23.8 Å². The van der Waals surface area contributed by atoms with Gasteiger partial charge in [-0.3, -0.25) is 14.9 Å². The van der Waals surface area contributed by atoms with Gasteiger partial charge in [0.2, 0.25) is 11.5 Å². The molecule has 0 aliphatic carbocycles. The third kappa shape index (κ3) is 3.99. The van der Waals surface area contributed by atoms with Gasteiger partial charge in [0.15, 0.2) is 17.1 Å². The summed E-state index contributed by atoms with van der Waals surface area (Å²) in [5, 5.41) is 11.5. The standard InChI is InChI=1S/C26H17NO8/c1-14-10-18(33-26(29)22-12-16-4-3-5-19(32-2)25(16)35-22)13-20-23(14)24(28)21(34-20)11-15-6-8-17(9-7-15)27(30)31/h3-13H,1-2H3/b21-11-. The topological polar surface area (TPSA) is 118 Å². The molecule has 0 saturated carbocycles. The van der Waals surface area contributed by atoms with Crippen LogP contribution in [0.1, 0.15) is 32.0 Å². The molecule has 1 aliphatic rings. The number of nitrogens with zero attached hydrogens (tertiary/aromatic N) is 1. The Balaban J connectivity index is 1.39. The number of para-hydroxylation sites is 1. The molecule has 3 aromatic carbocycles. The van der Waals surface area contributed by atoms with E-state index in [0.29, 0.717) is 33.4 Å². The highest BCUT2D eigenvalue weighted by Crippen LogP contribution is 2.38. The summed E-state index contributed by atoms with van der Waals surface area (Å²) in [5.74, 6) is -0.0654. The number of carbonyl (C=O) groups is 2. The van der Waals surface area contributed by atoms with Crippen molar-refractivity contribution in [3.63, 3.8) is 0 Å². The number of ketones is 1. The lowest BCUT2D eigenvalue weighted by Gasteiger charge is -2.06. The molecule has 0 unspecified atom stereocenters. The molecule has 1 aliphatic heterocycles. The van der Waals surface area contributed by atoms with E-state index >= 15 is 0 Å². The van der Waals surface area contributed by atoms with E-state index in [9.17, 15) is 19.7 Å². The zero-order valence-electron chi connectivity index (χ0n) is 18.6. The number of ether oxygens (including phenoxy) is 3. The van der Waals surface area contributed by atoms with Crippen LogP contribution in [0.25, 0.3) is 17.0 Å². The molecular formula is C26H17NO8. The van der Waals surface area contributed by atoms with E-state index in [-0.39, 0.29) is 34.5 Å². The van der Waals surface area contributed by atoms with Crippen LogP contribution in [0.2, 0.25) is 0 Å². The van der Waals surface area contributed by atoms with Gasteiger partial charge in [0.05, 0.1) is 17.6 Å². The minimum Gasteiger partial charge on any atom is -0.493 e. The second-order valence-corrected chi connectivity index (χ2v) is 7.78. The van der Waals surface area contributed by atoms with Gasteiger partial charge in [0.1, 0.15) is 11.5 Å². The molecule has 9 heteroatoms. The maximum atomic E-state index is 12.9. The number of allylic oxidation sites excluding steroid dienone is 1. The Bertz CT molecular complexity index is 1550. The molecule has 0 N–H and O–H groups in total. The Labute approximate surface area is 198 Å². The number of hydrogen-bond acceptors (Lipinski definition) is 8. The van der Waals surface area contributed by atoms with Gasteiger partial charge in [-0.05, 0) is 54.5 Å². The Hall–Kier alpha value is -4.92.